The van der Waals surface area contributed by atoms with Gasteiger partial charge in [-0.3, -0.25) is 4.79 Å². The van der Waals surface area contributed by atoms with Gasteiger partial charge in [-0.2, -0.15) is 0 Å². The summed E-state index contributed by atoms with van der Waals surface area (Å²) in [4.78, 5) is 14.8. The fraction of sp³-hybridized carbons (Fsp3) is 0.632. The van der Waals surface area contributed by atoms with Crippen molar-refractivity contribution in [2.75, 3.05) is 37.3 Å². The SMILES string of the molecule is C[C@@H]1Cc2ccccc2N1CCCNC(=O)[C@H]1CCCN(S(C)(=O)=O)C1. The topological polar surface area (TPSA) is 69.7 Å². The molecule has 0 unspecified atom stereocenters. The lowest BCUT2D eigenvalue weighted by Crippen LogP contribution is -2.45. The molecule has 2 aliphatic heterocycles. The molecule has 1 aromatic carbocycles. The second-order valence-corrected chi connectivity index (χ2v) is 9.46. The van der Waals surface area contributed by atoms with Crippen LogP contribution in [0.2, 0.25) is 0 Å². The molecule has 1 aromatic rings. The first kappa shape index (κ1) is 19.2. The molecule has 1 amide bonds. The third kappa shape index (κ3) is 4.38. The average molecular weight is 380 g/mol. The minimum atomic E-state index is -3.22. The Morgan fingerprint density at radius 3 is 2.85 bits per heavy atom. The lowest BCUT2D eigenvalue weighted by atomic mass is 9.99. The van der Waals surface area contributed by atoms with Gasteiger partial charge in [0.15, 0.2) is 0 Å². The number of piperidine rings is 1. The lowest BCUT2D eigenvalue weighted by molar-refractivity contribution is -0.126. The summed E-state index contributed by atoms with van der Waals surface area (Å²) in [5.41, 5.74) is 2.70. The molecule has 0 aliphatic carbocycles. The number of benzene rings is 1. The van der Waals surface area contributed by atoms with Gasteiger partial charge in [0.1, 0.15) is 0 Å². The highest BCUT2D eigenvalue weighted by atomic mass is 32.2. The van der Waals surface area contributed by atoms with Crippen LogP contribution in [0.3, 0.4) is 0 Å². The standard InChI is InChI=1S/C19H29N3O3S/c1-15-13-16-7-3-4-9-18(16)22(15)12-6-10-20-19(23)17-8-5-11-21(14-17)26(2,24)25/h3-4,7,9,15,17H,5-6,8,10-14H2,1-2H3,(H,20,23)/t15-,17+/m1/s1. The molecule has 1 fully saturated rings. The number of para-hydroxylation sites is 1. The van der Waals surface area contributed by atoms with E-state index in [9.17, 15) is 13.2 Å². The molecule has 0 saturated carbocycles. The number of rotatable bonds is 6. The first-order valence-corrected chi connectivity index (χ1v) is 11.3. The molecule has 7 heteroatoms. The van der Waals surface area contributed by atoms with E-state index >= 15 is 0 Å². The summed E-state index contributed by atoms with van der Waals surface area (Å²) in [5.74, 6) is -0.252. The highest BCUT2D eigenvalue weighted by Crippen LogP contribution is 2.31. The van der Waals surface area contributed by atoms with Gasteiger partial charge < -0.3 is 10.2 Å². The Bertz CT molecular complexity index is 750. The van der Waals surface area contributed by atoms with Gasteiger partial charge >= 0.3 is 0 Å². The zero-order valence-electron chi connectivity index (χ0n) is 15.6. The molecule has 6 nitrogen and oxygen atoms in total. The first-order chi connectivity index (χ1) is 12.4. The van der Waals surface area contributed by atoms with E-state index in [4.69, 9.17) is 0 Å². The third-order valence-electron chi connectivity index (χ3n) is 5.45. The predicted molar refractivity (Wildman–Crippen MR) is 104 cm³/mol. The van der Waals surface area contributed by atoms with Crippen molar-refractivity contribution in [3.8, 4) is 0 Å². The quantitative estimate of drug-likeness (QED) is 0.763. The summed E-state index contributed by atoms with van der Waals surface area (Å²) < 4.78 is 24.8. The van der Waals surface area contributed by atoms with Crippen LogP contribution in [0.1, 0.15) is 31.7 Å². The number of fused-ring (bicyclic) bond motifs is 1. The molecule has 0 spiro atoms. The molecule has 144 valence electrons. The van der Waals surface area contributed by atoms with Crippen LogP contribution < -0.4 is 10.2 Å². The van der Waals surface area contributed by atoms with Crippen molar-refractivity contribution in [3.05, 3.63) is 29.8 Å². The van der Waals surface area contributed by atoms with Gasteiger partial charge in [0.05, 0.1) is 12.2 Å². The Morgan fingerprint density at radius 1 is 1.31 bits per heavy atom. The summed E-state index contributed by atoms with van der Waals surface area (Å²) in [5, 5.41) is 3.00. The van der Waals surface area contributed by atoms with Gasteiger partial charge in [-0.25, -0.2) is 12.7 Å². The number of anilines is 1. The molecule has 3 rings (SSSR count). The van der Waals surface area contributed by atoms with Crippen LogP contribution in [0.5, 0.6) is 0 Å². The Kier molecular flexibility index (Phi) is 5.87. The molecular formula is C19H29N3O3S. The van der Waals surface area contributed by atoms with Crippen LogP contribution in [-0.4, -0.2) is 57.1 Å². The van der Waals surface area contributed by atoms with Crippen molar-refractivity contribution in [3.63, 3.8) is 0 Å². The number of amides is 1. The maximum atomic E-state index is 12.4. The van der Waals surface area contributed by atoms with Crippen molar-refractivity contribution < 1.29 is 13.2 Å². The van der Waals surface area contributed by atoms with E-state index in [2.05, 4.69) is 41.4 Å². The van der Waals surface area contributed by atoms with E-state index in [0.717, 1.165) is 32.2 Å². The predicted octanol–water partition coefficient (Wildman–Crippen LogP) is 1.62. The summed E-state index contributed by atoms with van der Waals surface area (Å²) in [6.07, 6.45) is 4.67. The normalized spacial score (nSPS) is 23.7. The minimum absolute atomic E-state index is 0.0202. The second kappa shape index (κ2) is 7.96. The summed E-state index contributed by atoms with van der Waals surface area (Å²) in [7, 11) is -3.22. The largest absolute Gasteiger partial charge is 0.368 e. The Labute approximate surface area is 156 Å². The van der Waals surface area contributed by atoms with Crippen LogP contribution in [0.25, 0.3) is 0 Å². The number of hydrogen-bond acceptors (Lipinski definition) is 4. The summed E-state index contributed by atoms with van der Waals surface area (Å²) in [6.45, 7) is 4.61. The first-order valence-electron chi connectivity index (χ1n) is 9.43. The minimum Gasteiger partial charge on any atom is -0.368 e. The van der Waals surface area contributed by atoms with Gasteiger partial charge in [-0.05, 0) is 44.2 Å². The van der Waals surface area contributed by atoms with E-state index in [0.29, 0.717) is 25.7 Å². The van der Waals surface area contributed by atoms with Crippen LogP contribution >= 0.6 is 0 Å². The molecular weight excluding hydrogens is 350 g/mol. The van der Waals surface area contributed by atoms with Crippen molar-refractivity contribution >= 4 is 21.6 Å². The van der Waals surface area contributed by atoms with Gasteiger partial charge in [-0.1, -0.05) is 18.2 Å². The van der Waals surface area contributed by atoms with Crippen LogP contribution in [0.15, 0.2) is 24.3 Å². The van der Waals surface area contributed by atoms with Crippen LogP contribution in [0, 0.1) is 5.92 Å². The zero-order chi connectivity index (χ0) is 18.7. The Morgan fingerprint density at radius 2 is 2.08 bits per heavy atom. The van der Waals surface area contributed by atoms with Crippen molar-refractivity contribution in [2.45, 2.75) is 38.6 Å². The zero-order valence-corrected chi connectivity index (χ0v) is 16.5. The van der Waals surface area contributed by atoms with Crippen molar-refractivity contribution in [2.24, 2.45) is 5.92 Å². The number of carbonyl (C=O) groups is 1. The van der Waals surface area contributed by atoms with Crippen molar-refractivity contribution in [1.82, 2.24) is 9.62 Å². The maximum Gasteiger partial charge on any atom is 0.224 e. The molecule has 2 atom stereocenters. The summed E-state index contributed by atoms with van der Waals surface area (Å²) >= 11 is 0. The second-order valence-electron chi connectivity index (χ2n) is 7.48. The number of carbonyl (C=O) groups excluding carboxylic acids is 1. The van der Waals surface area contributed by atoms with Crippen LogP contribution in [-0.2, 0) is 21.2 Å². The van der Waals surface area contributed by atoms with E-state index in [1.807, 2.05) is 0 Å². The molecule has 1 N–H and O–H groups in total. The number of hydrogen-bond donors (Lipinski definition) is 1. The van der Waals surface area contributed by atoms with E-state index in [1.54, 1.807) is 0 Å². The monoisotopic (exact) mass is 379 g/mol. The van der Waals surface area contributed by atoms with E-state index in [-0.39, 0.29) is 11.8 Å². The fourth-order valence-corrected chi connectivity index (χ4v) is 4.94. The number of nitrogens with zero attached hydrogens (tertiary/aromatic N) is 2. The molecule has 0 aromatic heterocycles. The van der Waals surface area contributed by atoms with E-state index in [1.165, 1.54) is 21.8 Å². The maximum absolute atomic E-state index is 12.4. The molecule has 2 heterocycles. The number of nitrogens with one attached hydrogen (secondary N) is 1. The highest BCUT2D eigenvalue weighted by molar-refractivity contribution is 7.88. The van der Waals surface area contributed by atoms with Gasteiger partial charge in [0.2, 0.25) is 15.9 Å². The van der Waals surface area contributed by atoms with Gasteiger partial charge in [0.25, 0.3) is 0 Å². The van der Waals surface area contributed by atoms with Gasteiger partial charge in [-0.15, -0.1) is 0 Å². The molecule has 0 bridgehead atoms. The summed E-state index contributed by atoms with van der Waals surface area (Å²) in [6, 6.07) is 9.00. The van der Waals surface area contributed by atoms with Crippen molar-refractivity contribution in [1.29, 1.82) is 0 Å². The molecule has 2 aliphatic rings. The molecule has 26 heavy (non-hydrogen) atoms. The average Bonchev–Trinajstić information content (AvgIpc) is 2.93. The lowest BCUT2D eigenvalue weighted by Gasteiger charge is -2.30. The highest BCUT2D eigenvalue weighted by Gasteiger charge is 2.30. The van der Waals surface area contributed by atoms with Crippen LogP contribution in [0.4, 0.5) is 5.69 Å². The van der Waals surface area contributed by atoms with E-state index < -0.39 is 10.0 Å². The third-order valence-corrected chi connectivity index (χ3v) is 6.72. The Balaban J connectivity index is 1.44. The number of sulfonamides is 1. The fourth-order valence-electron chi connectivity index (χ4n) is 4.03. The smallest absolute Gasteiger partial charge is 0.224 e. The molecule has 1 saturated heterocycles. The van der Waals surface area contributed by atoms with Gasteiger partial charge in [0, 0.05) is 37.9 Å². The Hall–Kier alpha value is -1.60. The molecule has 0 radical (unpaired) electrons.